The highest BCUT2D eigenvalue weighted by Gasteiger charge is 2.02. The van der Waals surface area contributed by atoms with Crippen molar-refractivity contribution in [2.24, 2.45) is 0 Å². The number of halogens is 1. The fourth-order valence-electron chi connectivity index (χ4n) is 2.04. The zero-order chi connectivity index (χ0) is 14.1. The molecule has 0 saturated heterocycles. The molecule has 1 N–H and O–H groups in total. The molecule has 0 radical (unpaired) electrons. The van der Waals surface area contributed by atoms with Crippen LogP contribution in [0.3, 0.4) is 0 Å². The first kappa shape index (κ1) is 16.5. The van der Waals surface area contributed by atoms with Crippen LogP contribution in [0.2, 0.25) is 0 Å². The number of ether oxygens (including phenoxy) is 1. The first-order chi connectivity index (χ1) is 9.13. The summed E-state index contributed by atoms with van der Waals surface area (Å²) in [6.07, 6.45) is 5.20. The van der Waals surface area contributed by atoms with Crippen molar-refractivity contribution in [3.63, 3.8) is 0 Å². The van der Waals surface area contributed by atoms with Gasteiger partial charge in [-0.25, -0.2) is 0 Å². The van der Waals surface area contributed by atoms with Crippen LogP contribution in [-0.4, -0.2) is 19.2 Å². The van der Waals surface area contributed by atoms with E-state index in [0.717, 1.165) is 23.4 Å². The maximum absolute atomic E-state index is 5.78. The lowest BCUT2D eigenvalue weighted by Gasteiger charge is -2.14. The summed E-state index contributed by atoms with van der Waals surface area (Å²) in [5.41, 5.74) is 1.17. The molecular formula is C16H26BrNO. The van der Waals surface area contributed by atoms with Gasteiger partial charge >= 0.3 is 0 Å². The molecule has 0 aromatic heterocycles. The van der Waals surface area contributed by atoms with Crippen LogP contribution in [0.1, 0.15) is 45.1 Å². The van der Waals surface area contributed by atoms with E-state index in [0.29, 0.717) is 6.04 Å². The Morgan fingerprint density at radius 3 is 2.79 bits per heavy atom. The molecule has 1 rings (SSSR count). The Bertz CT molecular complexity index is 368. The van der Waals surface area contributed by atoms with Gasteiger partial charge in [0.15, 0.2) is 0 Å². The largest absolute Gasteiger partial charge is 0.492 e. The summed E-state index contributed by atoms with van der Waals surface area (Å²) < 4.78 is 6.88. The van der Waals surface area contributed by atoms with Gasteiger partial charge in [0.25, 0.3) is 0 Å². The van der Waals surface area contributed by atoms with Crippen molar-refractivity contribution in [3.05, 3.63) is 28.2 Å². The highest BCUT2D eigenvalue weighted by Crippen LogP contribution is 2.21. The lowest BCUT2D eigenvalue weighted by atomic mass is 10.1. The molecule has 1 aromatic rings. The van der Waals surface area contributed by atoms with Crippen molar-refractivity contribution in [2.45, 2.75) is 52.5 Å². The predicted molar refractivity (Wildman–Crippen MR) is 86.0 cm³/mol. The molecule has 0 fully saturated rings. The monoisotopic (exact) mass is 327 g/mol. The van der Waals surface area contributed by atoms with Gasteiger partial charge in [-0.1, -0.05) is 42.1 Å². The first-order valence-corrected chi connectivity index (χ1v) is 8.05. The molecular weight excluding hydrogens is 302 g/mol. The van der Waals surface area contributed by atoms with Crippen molar-refractivity contribution in [2.75, 3.05) is 13.2 Å². The standard InChI is InChI=1S/C16H26BrNO/c1-4-5-6-7-14(3)18-10-11-19-16-9-8-15(17)12-13(16)2/h8-9,12,14,18H,4-7,10-11H2,1-3H3. The number of hydrogen-bond donors (Lipinski definition) is 1. The van der Waals surface area contributed by atoms with Crippen molar-refractivity contribution >= 4 is 15.9 Å². The lowest BCUT2D eigenvalue weighted by Crippen LogP contribution is -2.30. The van der Waals surface area contributed by atoms with E-state index in [1.807, 2.05) is 12.1 Å². The molecule has 3 heteroatoms. The highest BCUT2D eigenvalue weighted by atomic mass is 79.9. The van der Waals surface area contributed by atoms with Gasteiger partial charge in [0.05, 0.1) is 0 Å². The molecule has 2 nitrogen and oxygen atoms in total. The third-order valence-corrected chi connectivity index (χ3v) is 3.72. The second-order valence-corrected chi connectivity index (χ2v) is 6.02. The van der Waals surface area contributed by atoms with Crippen LogP contribution in [0.4, 0.5) is 0 Å². The second kappa shape index (κ2) is 9.38. The molecule has 0 heterocycles. The Hall–Kier alpha value is -0.540. The van der Waals surface area contributed by atoms with E-state index in [2.05, 4.69) is 48.1 Å². The minimum atomic E-state index is 0.584. The number of benzene rings is 1. The van der Waals surface area contributed by atoms with Gasteiger partial charge in [-0.15, -0.1) is 0 Å². The molecule has 0 spiro atoms. The SMILES string of the molecule is CCCCCC(C)NCCOc1ccc(Br)cc1C. The minimum absolute atomic E-state index is 0.584. The van der Waals surface area contributed by atoms with E-state index in [4.69, 9.17) is 4.74 Å². The van der Waals surface area contributed by atoms with Crippen LogP contribution in [-0.2, 0) is 0 Å². The van der Waals surface area contributed by atoms with Crippen LogP contribution in [0.25, 0.3) is 0 Å². The molecule has 0 aliphatic heterocycles. The van der Waals surface area contributed by atoms with E-state index >= 15 is 0 Å². The van der Waals surface area contributed by atoms with Gasteiger partial charge in [-0.05, 0) is 44.0 Å². The van der Waals surface area contributed by atoms with Crippen LogP contribution >= 0.6 is 15.9 Å². The summed E-state index contributed by atoms with van der Waals surface area (Å²) in [7, 11) is 0. The molecule has 1 unspecified atom stereocenters. The fourth-order valence-corrected chi connectivity index (χ4v) is 2.52. The predicted octanol–water partition coefficient (Wildman–Crippen LogP) is 4.69. The van der Waals surface area contributed by atoms with Gasteiger partial charge < -0.3 is 10.1 Å². The molecule has 0 bridgehead atoms. The van der Waals surface area contributed by atoms with Gasteiger partial charge in [-0.2, -0.15) is 0 Å². The molecule has 0 aliphatic rings. The lowest BCUT2D eigenvalue weighted by molar-refractivity contribution is 0.302. The Morgan fingerprint density at radius 2 is 2.11 bits per heavy atom. The van der Waals surface area contributed by atoms with E-state index in [1.54, 1.807) is 0 Å². The van der Waals surface area contributed by atoms with Gasteiger partial charge in [0.1, 0.15) is 12.4 Å². The van der Waals surface area contributed by atoms with Crippen molar-refractivity contribution in [3.8, 4) is 5.75 Å². The van der Waals surface area contributed by atoms with Crippen LogP contribution in [0.15, 0.2) is 22.7 Å². The van der Waals surface area contributed by atoms with E-state index in [9.17, 15) is 0 Å². The average Bonchev–Trinajstić information content (AvgIpc) is 2.37. The molecule has 0 aliphatic carbocycles. The third kappa shape index (κ3) is 6.98. The van der Waals surface area contributed by atoms with E-state index in [-0.39, 0.29) is 0 Å². The number of unbranched alkanes of at least 4 members (excludes halogenated alkanes) is 2. The number of nitrogens with one attached hydrogen (secondary N) is 1. The average molecular weight is 328 g/mol. The Kier molecular flexibility index (Phi) is 8.15. The summed E-state index contributed by atoms with van der Waals surface area (Å²) in [6, 6.07) is 6.70. The molecule has 0 saturated carbocycles. The summed E-state index contributed by atoms with van der Waals surface area (Å²) in [4.78, 5) is 0. The smallest absolute Gasteiger partial charge is 0.122 e. The zero-order valence-electron chi connectivity index (χ0n) is 12.3. The summed E-state index contributed by atoms with van der Waals surface area (Å²) in [5, 5.41) is 3.51. The highest BCUT2D eigenvalue weighted by molar-refractivity contribution is 9.10. The van der Waals surface area contributed by atoms with Gasteiger partial charge in [-0.3, -0.25) is 0 Å². The number of aryl methyl sites for hydroxylation is 1. The van der Waals surface area contributed by atoms with E-state index in [1.165, 1.54) is 31.2 Å². The molecule has 0 amide bonds. The molecule has 1 atom stereocenters. The number of rotatable bonds is 9. The Labute approximate surface area is 126 Å². The topological polar surface area (TPSA) is 21.3 Å². The molecule has 19 heavy (non-hydrogen) atoms. The third-order valence-electron chi connectivity index (χ3n) is 3.23. The van der Waals surface area contributed by atoms with Crippen molar-refractivity contribution in [1.29, 1.82) is 0 Å². The normalized spacial score (nSPS) is 12.4. The molecule has 108 valence electrons. The number of hydrogen-bond acceptors (Lipinski definition) is 2. The Balaban J connectivity index is 2.16. The van der Waals surface area contributed by atoms with Gasteiger partial charge in [0, 0.05) is 17.1 Å². The summed E-state index contributed by atoms with van der Waals surface area (Å²) in [5.74, 6) is 0.976. The Morgan fingerprint density at radius 1 is 1.32 bits per heavy atom. The van der Waals surface area contributed by atoms with Crippen molar-refractivity contribution in [1.82, 2.24) is 5.32 Å². The van der Waals surface area contributed by atoms with Crippen LogP contribution < -0.4 is 10.1 Å². The summed E-state index contributed by atoms with van der Waals surface area (Å²) >= 11 is 3.46. The zero-order valence-corrected chi connectivity index (χ0v) is 13.9. The maximum Gasteiger partial charge on any atom is 0.122 e. The first-order valence-electron chi connectivity index (χ1n) is 7.25. The quantitative estimate of drug-likeness (QED) is 0.664. The minimum Gasteiger partial charge on any atom is -0.492 e. The van der Waals surface area contributed by atoms with Crippen LogP contribution in [0, 0.1) is 6.92 Å². The van der Waals surface area contributed by atoms with E-state index < -0.39 is 0 Å². The maximum atomic E-state index is 5.78. The molecule has 1 aromatic carbocycles. The second-order valence-electron chi connectivity index (χ2n) is 5.11. The van der Waals surface area contributed by atoms with Gasteiger partial charge in [0.2, 0.25) is 0 Å². The van der Waals surface area contributed by atoms with Crippen LogP contribution in [0.5, 0.6) is 5.75 Å². The van der Waals surface area contributed by atoms with Crippen molar-refractivity contribution < 1.29 is 4.74 Å². The summed E-state index contributed by atoms with van der Waals surface area (Å²) in [6.45, 7) is 8.19. The fraction of sp³-hybridized carbons (Fsp3) is 0.625.